The van der Waals surface area contributed by atoms with Crippen LogP contribution in [0.3, 0.4) is 0 Å². The van der Waals surface area contributed by atoms with Crippen LogP contribution in [-0.2, 0) is 13.0 Å². The molecule has 0 bridgehead atoms. The Balaban J connectivity index is 1.93. The number of benzene rings is 1. The summed E-state index contributed by atoms with van der Waals surface area (Å²) in [4.78, 5) is 4.57. The second-order valence-corrected chi connectivity index (χ2v) is 6.32. The smallest absolute Gasteiger partial charge is 0.123 e. The molecule has 0 atom stereocenters. The second-order valence-electron chi connectivity index (χ2n) is 5.26. The van der Waals surface area contributed by atoms with Crippen molar-refractivity contribution in [3.63, 3.8) is 0 Å². The van der Waals surface area contributed by atoms with Crippen molar-refractivity contribution < 1.29 is 4.39 Å². The van der Waals surface area contributed by atoms with Crippen molar-refractivity contribution in [2.45, 2.75) is 26.3 Å². The molecule has 1 aromatic carbocycles. The van der Waals surface area contributed by atoms with Gasteiger partial charge < -0.3 is 0 Å². The van der Waals surface area contributed by atoms with Crippen LogP contribution in [0.2, 0.25) is 0 Å². The van der Waals surface area contributed by atoms with Crippen LogP contribution in [0, 0.1) is 12.7 Å². The molecule has 0 unspecified atom stereocenters. The van der Waals surface area contributed by atoms with E-state index in [9.17, 15) is 4.39 Å². The maximum atomic E-state index is 13.2. The summed E-state index contributed by atoms with van der Waals surface area (Å²) >= 11 is 1.63. The van der Waals surface area contributed by atoms with Crippen molar-refractivity contribution in [3.8, 4) is 22.5 Å². The van der Waals surface area contributed by atoms with Crippen LogP contribution in [0.1, 0.15) is 17.1 Å². The molecule has 106 valence electrons. The van der Waals surface area contributed by atoms with Crippen LogP contribution >= 0.6 is 11.3 Å². The third kappa shape index (κ3) is 2.08. The SMILES string of the molecule is Cc1nc(-c2nn3c(c2-c2ccc(F)cc2)CCC3)cs1. The molecule has 0 spiro atoms. The predicted octanol–water partition coefficient (Wildman–Crippen LogP) is 4.07. The highest BCUT2D eigenvalue weighted by atomic mass is 32.1. The highest BCUT2D eigenvalue weighted by Crippen LogP contribution is 2.37. The van der Waals surface area contributed by atoms with Crippen LogP contribution in [-0.4, -0.2) is 14.8 Å². The maximum absolute atomic E-state index is 13.2. The van der Waals surface area contributed by atoms with E-state index in [1.165, 1.54) is 17.8 Å². The Kier molecular flexibility index (Phi) is 2.89. The summed E-state index contributed by atoms with van der Waals surface area (Å²) in [5.41, 5.74) is 5.19. The monoisotopic (exact) mass is 299 g/mol. The van der Waals surface area contributed by atoms with Gasteiger partial charge in [-0.2, -0.15) is 5.10 Å². The molecule has 21 heavy (non-hydrogen) atoms. The Hall–Kier alpha value is -2.01. The van der Waals surface area contributed by atoms with E-state index in [1.54, 1.807) is 11.3 Å². The number of halogens is 1. The van der Waals surface area contributed by atoms with Gasteiger partial charge in [0, 0.05) is 23.2 Å². The fraction of sp³-hybridized carbons (Fsp3) is 0.250. The summed E-state index contributed by atoms with van der Waals surface area (Å²) in [6.45, 7) is 2.95. The van der Waals surface area contributed by atoms with E-state index in [0.29, 0.717) is 0 Å². The van der Waals surface area contributed by atoms with Gasteiger partial charge in [0.05, 0.1) is 5.01 Å². The Bertz CT molecular complexity index is 802. The van der Waals surface area contributed by atoms with Crippen LogP contribution < -0.4 is 0 Å². The lowest BCUT2D eigenvalue weighted by molar-refractivity contribution is 0.628. The van der Waals surface area contributed by atoms with Gasteiger partial charge in [0.25, 0.3) is 0 Å². The number of nitrogens with zero attached hydrogens (tertiary/aromatic N) is 3. The van der Waals surface area contributed by atoms with Crippen molar-refractivity contribution in [1.82, 2.24) is 14.8 Å². The average Bonchev–Trinajstić information content (AvgIpc) is 3.14. The molecular weight excluding hydrogens is 285 g/mol. The Labute approximate surface area is 126 Å². The molecule has 3 heterocycles. The van der Waals surface area contributed by atoms with Crippen LogP contribution in [0.25, 0.3) is 22.5 Å². The minimum atomic E-state index is -0.214. The minimum Gasteiger partial charge on any atom is -0.268 e. The fourth-order valence-electron chi connectivity index (χ4n) is 2.90. The van der Waals surface area contributed by atoms with E-state index in [0.717, 1.165) is 46.9 Å². The number of hydrogen-bond acceptors (Lipinski definition) is 3. The molecule has 0 radical (unpaired) electrons. The quantitative estimate of drug-likeness (QED) is 0.714. The van der Waals surface area contributed by atoms with Crippen LogP contribution in [0.5, 0.6) is 0 Å². The van der Waals surface area contributed by atoms with Crippen LogP contribution in [0.4, 0.5) is 4.39 Å². The fourth-order valence-corrected chi connectivity index (χ4v) is 3.50. The first-order valence-corrected chi connectivity index (χ1v) is 7.88. The number of rotatable bonds is 2. The highest BCUT2D eigenvalue weighted by Gasteiger charge is 2.24. The van der Waals surface area contributed by atoms with Gasteiger partial charge in [0.1, 0.15) is 17.2 Å². The summed E-state index contributed by atoms with van der Waals surface area (Å²) in [5.74, 6) is -0.214. The predicted molar refractivity (Wildman–Crippen MR) is 81.8 cm³/mol. The Morgan fingerprint density at radius 3 is 2.76 bits per heavy atom. The molecular formula is C16H14FN3S. The number of aryl methyl sites for hydroxylation is 2. The van der Waals surface area contributed by atoms with Gasteiger partial charge in [0.15, 0.2) is 0 Å². The highest BCUT2D eigenvalue weighted by molar-refractivity contribution is 7.09. The first-order valence-electron chi connectivity index (χ1n) is 7.00. The van der Waals surface area contributed by atoms with E-state index in [2.05, 4.69) is 9.67 Å². The number of hydrogen-bond donors (Lipinski definition) is 0. The van der Waals surface area contributed by atoms with Crippen molar-refractivity contribution in [2.75, 3.05) is 0 Å². The Morgan fingerprint density at radius 2 is 2.05 bits per heavy atom. The van der Waals surface area contributed by atoms with E-state index < -0.39 is 0 Å². The lowest BCUT2D eigenvalue weighted by atomic mass is 10.0. The maximum Gasteiger partial charge on any atom is 0.123 e. The van der Waals surface area contributed by atoms with E-state index in [4.69, 9.17) is 5.10 Å². The third-order valence-electron chi connectivity index (χ3n) is 3.84. The minimum absolute atomic E-state index is 0.214. The second kappa shape index (κ2) is 4.77. The molecule has 1 aliphatic rings. The van der Waals surface area contributed by atoms with Gasteiger partial charge in [0.2, 0.25) is 0 Å². The van der Waals surface area contributed by atoms with Gasteiger partial charge in [-0.05, 0) is 37.5 Å². The normalized spacial score (nSPS) is 13.6. The van der Waals surface area contributed by atoms with Gasteiger partial charge in [-0.15, -0.1) is 11.3 Å². The van der Waals surface area contributed by atoms with Gasteiger partial charge in [-0.1, -0.05) is 12.1 Å². The molecule has 5 heteroatoms. The molecule has 1 aliphatic heterocycles. The number of aromatic nitrogens is 3. The molecule has 0 amide bonds. The summed E-state index contributed by atoms with van der Waals surface area (Å²) < 4.78 is 15.3. The summed E-state index contributed by atoms with van der Waals surface area (Å²) in [7, 11) is 0. The molecule has 0 aliphatic carbocycles. The molecule has 3 aromatic rings. The zero-order valence-corrected chi connectivity index (χ0v) is 12.5. The van der Waals surface area contributed by atoms with Gasteiger partial charge in [-0.25, -0.2) is 9.37 Å². The van der Waals surface area contributed by atoms with Crippen molar-refractivity contribution >= 4 is 11.3 Å². The van der Waals surface area contributed by atoms with Crippen molar-refractivity contribution in [1.29, 1.82) is 0 Å². The van der Waals surface area contributed by atoms with Gasteiger partial charge in [-0.3, -0.25) is 4.68 Å². The van der Waals surface area contributed by atoms with E-state index in [1.807, 2.05) is 24.4 Å². The zero-order valence-electron chi connectivity index (χ0n) is 11.6. The first-order chi connectivity index (χ1) is 10.2. The topological polar surface area (TPSA) is 30.7 Å². The lowest BCUT2D eigenvalue weighted by Crippen LogP contribution is -1.94. The molecule has 0 fully saturated rings. The number of fused-ring (bicyclic) bond motifs is 1. The molecule has 4 rings (SSSR count). The molecule has 3 nitrogen and oxygen atoms in total. The summed E-state index contributed by atoms with van der Waals surface area (Å²) in [6.07, 6.45) is 2.13. The Morgan fingerprint density at radius 1 is 1.24 bits per heavy atom. The standard InChI is InChI=1S/C16H14FN3S/c1-10-18-13(9-21-10)16-15(11-4-6-12(17)7-5-11)14-3-2-8-20(14)19-16/h4-7,9H,2-3,8H2,1H3. The summed E-state index contributed by atoms with van der Waals surface area (Å²) in [5, 5.41) is 7.81. The molecule has 2 aromatic heterocycles. The molecule has 0 N–H and O–H groups in total. The first kappa shape index (κ1) is 12.7. The molecule has 0 saturated heterocycles. The van der Waals surface area contributed by atoms with E-state index in [-0.39, 0.29) is 5.82 Å². The largest absolute Gasteiger partial charge is 0.268 e. The molecule has 0 saturated carbocycles. The zero-order chi connectivity index (χ0) is 14.4. The number of thiazole rings is 1. The summed E-state index contributed by atoms with van der Waals surface area (Å²) in [6, 6.07) is 6.66. The van der Waals surface area contributed by atoms with Gasteiger partial charge >= 0.3 is 0 Å². The van der Waals surface area contributed by atoms with Crippen molar-refractivity contribution in [2.24, 2.45) is 0 Å². The van der Waals surface area contributed by atoms with E-state index >= 15 is 0 Å². The van der Waals surface area contributed by atoms with Crippen LogP contribution in [0.15, 0.2) is 29.6 Å². The third-order valence-corrected chi connectivity index (χ3v) is 4.61. The lowest BCUT2D eigenvalue weighted by Gasteiger charge is -2.03. The average molecular weight is 299 g/mol. The van der Waals surface area contributed by atoms with Crippen molar-refractivity contribution in [3.05, 3.63) is 46.2 Å².